The molecule has 2 amide bonds. The Labute approximate surface area is 109 Å². The summed E-state index contributed by atoms with van der Waals surface area (Å²) in [4.78, 5) is 23.4. The van der Waals surface area contributed by atoms with Gasteiger partial charge in [-0.05, 0) is 38.3 Å². The highest BCUT2D eigenvalue weighted by Gasteiger charge is 2.20. The molecule has 0 bridgehead atoms. The van der Waals surface area contributed by atoms with Gasteiger partial charge in [0.25, 0.3) is 0 Å². The molecule has 0 aliphatic carbocycles. The van der Waals surface area contributed by atoms with Crippen molar-refractivity contribution in [3.8, 4) is 0 Å². The Kier molecular flexibility index (Phi) is 6.12. The fourth-order valence-corrected chi connectivity index (χ4v) is 1.97. The van der Waals surface area contributed by atoms with Gasteiger partial charge in [0.2, 0.25) is 11.8 Å². The number of carbonyl (C=O) groups excluding carboxylic acids is 2. The summed E-state index contributed by atoms with van der Waals surface area (Å²) in [6.45, 7) is 8.34. The van der Waals surface area contributed by atoms with E-state index in [0.29, 0.717) is 24.8 Å². The zero-order chi connectivity index (χ0) is 13.5. The largest absolute Gasteiger partial charge is 0.354 e. The van der Waals surface area contributed by atoms with E-state index in [4.69, 9.17) is 0 Å². The average Bonchev–Trinajstić information content (AvgIpc) is 2.78. The Balaban J connectivity index is 2.23. The summed E-state index contributed by atoms with van der Waals surface area (Å²) in [7, 11) is 0. The van der Waals surface area contributed by atoms with E-state index >= 15 is 0 Å². The Bertz CT molecular complexity index is 286. The maximum Gasteiger partial charge on any atom is 0.242 e. The lowest BCUT2D eigenvalue weighted by molar-refractivity contribution is -0.129. The Morgan fingerprint density at radius 1 is 1.33 bits per heavy atom. The van der Waals surface area contributed by atoms with Crippen LogP contribution in [0.1, 0.15) is 33.6 Å². The molecular formula is C13H25N3O2. The molecule has 18 heavy (non-hydrogen) atoms. The third kappa shape index (κ3) is 5.49. The van der Waals surface area contributed by atoms with E-state index in [-0.39, 0.29) is 11.8 Å². The SMILES string of the molecule is CC(C)CNC(=O)C(C)NC(=O)CC1CCNC1. The van der Waals surface area contributed by atoms with E-state index in [1.807, 2.05) is 13.8 Å². The van der Waals surface area contributed by atoms with Gasteiger partial charge in [-0.25, -0.2) is 0 Å². The van der Waals surface area contributed by atoms with Crippen molar-refractivity contribution in [3.05, 3.63) is 0 Å². The standard InChI is InChI=1S/C13H25N3O2/c1-9(2)7-15-13(18)10(3)16-12(17)6-11-4-5-14-8-11/h9-11,14H,4-8H2,1-3H3,(H,15,18)(H,16,17). The maximum atomic E-state index is 11.7. The van der Waals surface area contributed by atoms with E-state index in [0.717, 1.165) is 19.5 Å². The molecule has 0 aromatic rings. The molecule has 5 heteroatoms. The number of amides is 2. The Morgan fingerprint density at radius 2 is 2.06 bits per heavy atom. The van der Waals surface area contributed by atoms with Crippen LogP contribution in [-0.4, -0.2) is 37.5 Å². The number of hydrogen-bond acceptors (Lipinski definition) is 3. The molecule has 1 aliphatic rings. The second kappa shape index (κ2) is 7.36. The van der Waals surface area contributed by atoms with E-state index < -0.39 is 6.04 Å². The van der Waals surface area contributed by atoms with Crippen molar-refractivity contribution >= 4 is 11.8 Å². The molecule has 1 aliphatic heterocycles. The normalized spacial score (nSPS) is 20.8. The van der Waals surface area contributed by atoms with Crippen LogP contribution in [-0.2, 0) is 9.59 Å². The van der Waals surface area contributed by atoms with Crippen LogP contribution in [0.5, 0.6) is 0 Å². The lowest BCUT2D eigenvalue weighted by Gasteiger charge is -2.16. The van der Waals surface area contributed by atoms with Crippen molar-refractivity contribution in [2.24, 2.45) is 11.8 Å². The monoisotopic (exact) mass is 255 g/mol. The molecular weight excluding hydrogens is 230 g/mol. The molecule has 2 unspecified atom stereocenters. The summed E-state index contributed by atoms with van der Waals surface area (Å²) in [6.07, 6.45) is 1.55. The average molecular weight is 255 g/mol. The third-order valence-corrected chi connectivity index (χ3v) is 3.09. The highest BCUT2D eigenvalue weighted by atomic mass is 16.2. The fourth-order valence-electron chi connectivity index (χ4n) is 1.97. The summed E-state index contributed by atoms with van der Waals surface area (Å²) < 4.78 is 0. The fraction of sp³-hybridized carbons (Fsp3) is 0.846. The van der Waals surface area contributed by atoms with Crippen LogP contribution in [0.15, 0.2) is 0 Å². The smallest absolute Gasteiger partial charge is 0.242 e. The number of carbonyl (C=O) groups is 2. The summed E-state index contributed by atoms with van der Waals surface area (Å²) in [6, 6.07) is -0.453. The topological polar surface area (TPSA) is 70.2 Å². The second-order valence-corrected chi connectivity index (χ2v) is 5.49. The first-order valence-corrected chi connectivity index (χ1v) is 6.76. The summed E-state index contributed by atoms with van der Waals surface area (Å²) in [5.41, 5.74) is 0. The Morgan fingerprint density at radius 3 is 2.61 bits per heavy atom. The second-order valence-electron chi connectivity index (χ2n) is 5.49. The molecule has 104 valence electrons. The van der Waals surface area contributed by atoms with Crippen molar-refractivity contribution in [2.75, 3.05) is 19.6 Å². The molecule has 0 aromatic carbocycles. The lowest BCUT2D eigenvalue weighted by atomic mass is 10.0. The first-order chi connectivity index (χ1) is 8.49. The van der Waals surface area contributed by atoms with Gasteiger partial charge in [-0.3, -0.25) is 9.59 Å². The highest BCUT2D eigenvalue weighted by molar-refractivity contribution is 5.87. The number of rotatable bonds is 6. The minimum absolute atomic E-state index is 0.0316. The minimum Gasteiger partial charge on any atom is -0.354 e. The number of hydrogen-bond donors (Lipinski definition) is 3. The Hall–Kier alpha value is -1.10. The summed E-state index contributed by atoms with van der Waals surface area (Å²) in [5.74, 6) is 0.690. The van der Waals surface area contributed by atoms with Crippen LogP contribution in [0.25, 0.3) is 0 Å². The van der Waals surface area contributed by atoms with Crippen molar-refractivity contribution in [1.82, 2.24) is 16.0 Å². The van der Waals surface area contributed by atoms with Crippen molar-refractivity contribution in [1.29, 1.82) is 0 Å². The molecule has 0 spiro atoms. The third-order valence-electron chi connectivity index (χ3n) is 3.09. The minimum atomic E-state index is -0.453. The van der Waals surface area contributed by atoms with Gasteiger partial charge in [-0.2, -0.15) is 0 Å². The van der Waals surface area contributed by atoms with Gasteiger partial charge in [0.15, 0.2) is 0 Å². The molecule has 1 rings (SSSR count). The molecule has 0 aromatic heterocycles. The van der Waals surface area contributed by atoms with E-state index in [9.17, 15) is 9.59 Å². The zero-order valence-electron chi connectivity index (χ0n) is 11.6. The molecule has 1 heterocycles. The van der Waals surface area contributed by atoms with Crippen LogP contribution >= 0.6 is 0 Å². The zero-order valence-corrected chi connectivity index (χ0v) is 11.6. The quantitative estimate of drug-likeness (QED) is 0.638. The molecule has 5 nitrogen and oxygen atoms in total. The first kappa shape index (κ1) is 15.0. The summed E-state index contributed by atoms with van der Waals surface area (Å²) in [5, 5.41) is 8.79. The van der Waals surface area contributed by atoms with Crippen molar-refractivity contribution in [2.45, 2.75) is 39.7 Å². The maximum absolute atomic E-state index is 11.7. The van der Waals surface area contributed by atoms with Crippen LogP contribution in [0, 0.1) is 11.8 Å². The molecule has 3 N–H and O–H groups in total. The van der Waals surface area contributed by atoms with E-state index in [1.54, 1.807) is 6.92 Å². The van der Waals surface area contributed by atoms with Gasteiger partial charge in [0, 0.05) is 13.0 Å². The van der Waals surface area contributed by atoms with Gasteiger partial charge in [-0.1, -0.05) is 13.8 Å². The first-order valence-electron chi connectivity index (χ1n) is 6.76. The molecule has 2 atom stereocenters. The van der Waals surface area contributed by atoms with E-state index in [1.165, 1.54) is 0 Å². The van der Waals surface area contributed by atoms with Crippen molar-refractivity contribution < 1.29 is 9.59 Å². The van der Waals surface area contributed by atoms with Gasteiger partial charge < -0.3 is 16.0 Å². The highest BCUT2D eigenvalue weighted by Crippen LogP contribution is 2.11. The van der Waals surface area contributed by atoms with Crippen LogP contribution in [0.3, 0.4) is 0 Å². The van der Waals surface area contributed by atoms with Crippen LogP contribution < -0.4 is 16.0 Å². The molecule has 1 saturated heterocycles. The van der Waals surface area contributed by atoms with Gasteiger partial charge in [0.05, 0.1) is 0 Å². The van der Waals surface area contributed by atoms with Gasteiger partial charge in [-0.15, -0.1) is 0 Å². The van der Waals surface area contributed by atoms with Crippen LogP contribution in [0.4, 0.5) is 0 Å². The van der Waals surface area contributed by atoms with Crippen molar-refractivity contribution in [3.63, 3.8) is 0 Å². The van der Waals surface area contributed by atoms with E-state index in [2.05, 4.69) is 16.0 Å². The molecule has 0 radical (unpaired) electrons. The van der Waals surface area contributed by atoms with Gasteiger partial charge in [0.1, 0.15) is 6.04 Å². The molecule has 0 saturated carbocycles. The summed E-state index contributed by atoms with van der Waals surface area (Å²) >= 11 is 0. The lowest BCUT2D eigenvalue weighted by Crippen LogP contribution is -2.46. The van der Waals surface area contributed by atoms with Crippen LogP contribution in [0.2, 0.25) is 0 Å². The predicted molar refractivity (Wildman–Crippen MR) is 71.0 cm³/mol. The predicted octanol–water partition coefficient (Wildman–Crippen LogP) is 0.263. The number of nitrogens with one attached hydrogen (secondary N) is 3. The molecule has 1 fully saturated rings. The van der Waals surface area contributed by atoms with Gasteiger partial charge >= 0.3 is 0 Å².